The molecule has 144 valence electrons. The minimum Gasteiger partial charge on any atom is -0.546 e. The first-order valence-electron chi connectivity index (χ1n) is 9.78. The molecular weight excluding hydrogens is 332 g/mol. The van der Waals surface area contributed by atoms with Crippen molar-refractivity contribution in [2.24, 2.45) is 0 Å². The largest absolute Gasteiger partial charge is 0.546 e. The third-order valence-electron chi connectivity index (χ3n) is 5.64. The van der Waals surface area contributed by atoms with Crippen molar-refractivity contribution in [1.82, 2.24) is 0 Å². The molecule has 2 rings (SSSR count). The summed E-state index contributed by atoms with van der Waals surface area (Å²) in [6, 6.07) is 0. The molecule has 0 unspecified atom stereocenters. The van der Waals surface area contributed by atoms with E-state index in [1.54, 1.807) is 0 Å². The molecular formula is C20H36O4Si. The van der Waals surface area contributed by atoms with E-state index in [9.17, 15) is 4.79 Å². The molecule has 1 saturated heterocycles. The minimum atomic E-state index is -2.02. The predicted octanol–water partition coefficient (Wildman–Crippen LogP) is 5.34. The van der Waals surface area contributed by atoms with Crippen LogP contribution in [0.2, 0.25) is 16.6 Å². The first-order chi connectivity index (χ1) is 11.5. The van der Waals surface area contributed by atoms with Gasteiger partial charge in [0.05, 0.1) is 24.4 Å². The number of carbonyl (C=O) groups is 1. The maximum Gasteiger partial charge on any atom is 0.258 e. The molecule has 0 aliphatic carbocycles. The van der Waals surface area contributed by atoms with Gasteiger partial charge in [0.2, 0.25) is 0 Å². The summed E-state index contributed by atoms with van der Waals surface area (Å²) in [7, 11) is -2.02. The lowest BCUT2D eigenvalue weighted by Crippen LogP contribution is -2.51. The molecule has 5 heteroatoms. The van der Waals surface area contributed by atoms with Gasteiger partial charge >= 0.3 is 0 Å². The smallest absolute Gasteiger partial charge is 0.258 e. The summed E-state index contributed by atoms with van der Waals surface area (Å²) in [5, 5.41) is 0. The van der Waals surface area contributed by atoms with Gasteiger partial charge in [0.15, 0.2) is 5.79 Å². The molecule has 4 nitrogen and oxygen atoms in total. The molecule has 1 spiro atoms. The van der Waals surface area contributed by atoms with Crippen LogP contribution in [0.1, 0.15) is 74.7 Å². The van der Waals surface area contributed by atoms with Crippen molar-refractivity contribution in [2.75, 3.05) is 0 Å². The number of Topliss-reactive ketones (excluding diaryl/α,β-unsaturated/α-hetero) is 1. The summed E-state index contributed by atoms with van der Waals surface area (Å²) < 4.78 is 19.1. The Morgan fingerprint density at radius 1 is 1.00 bits per heavy atom. The fourth-order valence-electron chi connectivity index (χ4n) is 4.90. The van der Waals surface area contributed by atoms with Gasteiger partial charge in [0.25, 0.3) is 8.32 Å². The first-order valence-corrected chi connectivity index (χ1v) is 11.9. The van der Waals surface area contributed by atoms with Gasteiger partial charge in [-0.2, -0.15) is 0 Å². The lowest BCUT2D eigenvalue weighted by Gasteiger charge is -2.46. The number of hydrogen-bond acceptors (Lipinski definition) is 4. The van der Waals surface area contributed by atoms with E-state index in [0.717, 1.165) is 12.2 Å². The molecule has 2 aliphatic rings. The van der Waals surface area contributed by atoms with Gasteiger partial charge in [-0.3, -0.25) is 4.79 Å². The summed E-state index contributed by atoms with van der Waals surface area (Å²) in [6.45, 7) is 17.7. The highest BCUT2D eigenvalue weighted by Gasteiger charge is 2.49. The molecule has 25 heavy (non-hydrogen) atoms. The van der Waals surface area contributed by atoms with E-state index in [2.05, 4.69) is 41.5 Å². The van der Waals surface area contributed by atoms with Crippen LogP contribution in [-0.2, 0) is 18.7 Å². The summed E-state index contributed by atoms with van der Waals surface area (Å²) in [5.74, 6) is 0.222. The van der Waals surface area contributed by atoms with Gasteiger partial charge in [-0.15, -0.1) is 0 Å². The third-order valence-corrected chi connectivity index (χ3v) is 11.7. The zero-order chi connectivity index (χ0) is 19.0. The lowest BCUT2D eigenvalue weighted by molar-refractivity contribution is -0.262. The summed E-state index contributed by atoms with van der Waals surface area (Å²) in [6.07, 6.45) is 3.33. The number of rotatable bonds is 5. The summed E-state index contributed by atoms with van der Waals surface area (Å²) >= 11 is 0. The Kier molecular flexibility index (Phi) is 6.22. The molecule has 2 heterocycles. The SMILES string of the molecule is CC(C)[Si](OC1=C[C@]2(CC(=O)C[C@@H](C)O2)O[C@H](C)C1)(C(C)C)C(C)C. The number of hydrogen-bond donors (Lipinski definition) is 0. The molecule has 1 fully saturated rings. The van der Waals surface area contributed by atoms with Crippen LogP contribution in [0.5, 0.6) is 0 Å². The zero-order valence-electron chi connectivity index (χ0n) is 17.2. The maximum absolute atomic E-state index is 12.1. The van der Waals surface area contributed by atoms with E-state index in [1.807, 2.05) is 19.9 Å². The van der Waals surface area contributed by atoms with Gasteiger partial charge in [-0.05, 0) is 30.5 Å². The van der Waals surface area contributed by atoms with Gasteiger partial charge < -0.3 is 13.9 Å². The topological polar surface area (TPSA) is 44.8 Å². The van der Waals surface area contributed by atoms with Gasteiger partial charge in [-0.1, -0.05) is 41.5 Å². The molecule has 0 N–H and O–H groups in total. The average molecular weight is 369 g/mol. The third kappa shape index (κ3) is 4.20. The van der Waals surface area contributed by atoms with Crippen LogP contribution in [0.25, 0.3) is 0 Å². The Balaban J connectivity index is 2.37. The highest BCUT2D eigenvalue weighted by molar-refractivity contribution is 6.77. The zero-order valence-corrected chi connectivity index (χ0v) is 18.2. The van der Waals surface area contributed by atoms with E-state index in [-0.39, 0.29) is 24.4 Å². The van der Waals surface area contributed by atoms with Crippen LogP contribution < -0.4 is 0 Å². The van der Waals surface area contributed by atoms with E-state index >= 15 is 0 Å². The molecule has 0 bridgehead atoms. The van der Waals surface area contributed by atoms with Crippen molar-refractivity contribution < 1.29 is 18.7 Å². The standard InChI is InChI=1S/C20H36O4Si/c1-13(2)25(14(3)4,15(5)6)24-19-10-17(8)23-20(12-19)11-18(21)9-16(7)22-20/h12-17H,9-11H2,1-8H3/t16-,17-,20+/m1/s1. The van der Waals surface area contributed by atoms with E-state index in [1.165, 1.54) is 0 Å². The van der Waals surface area contributed by atoms with Gasteiger partial charge in [-0.25, -0.2) is 0 Å². The molecule has 2 aliphatic heterocycles. The minimum absolute atomic E-state index is 0.0173. The van der Waals surface area contributed by atoms with Crippen molar-refractivity contribution in [3.63, 3.8) is 0 Å². The molecule has 0 saturated carbocycles. The Labute approximate surface area is 154 Å². The normalized spacial score (nSPS) is 31.2. The second kappa shape index (κ2) is 7.53. The molecule has 0 aromatic heterocycles. The van der Waals surface area contributed by atoms with Crippen LogP contribution in [0.15, 0.2) is 11.8 Å². The molecule has 0 aromatic rings. The molecule has 0 aromatic carbocycles. The van der Waals surface area contributed by atoms with E-state index < -0.39 is 14.1 Å². The first kappa shape index (κ1) is 20.7. The van der Waals surface area contributed by atoms with Crippen LogP contribution >= 0.6 is 0 Å². The Morgan fingerprint density at radius 2 is 1.48 bits per heavy atom. The van der Waals surface area contributed by atoms with Crippen LogP contribution in [0, 0.1) is 0 Å². The second-order valence-corrected chi connectivity index (χ2v) is 14.2. The number of ether oxygens (including phenoxy) is 2. The highest BCUT2D eigenvalue weighted by atomic mass is 28.4. The Morgan fingerprint density at radius 3 is 1.92 bits per heavy atom. The van der Waals surface area contributed by atoms with Crippen molar-refractivity contribution in [3.8, 4) is 0 Å². The van der Waals surface area contributed by atoms with Crippen LogP contribution in [0.4, 0.5) is 0 Å². The van der Waals surface area contributed by atoms with E-state index in [4.69, 9.17) is 13.9 Å². The van der Waals surface area contributed by atoms with Crippen molar-refractivity contribution >= 4 is 14.1 Å². The maximum atomic E-state index is 12.1. The second-order valence-electron chi connectivity index (χ2n) is 8.82. The van der Waals surface area contributed by atoms with Crippen molar-refractivity contribution in [1.29, 1.82) is 0 Å². The lowest BCUT2D eigenvalue weighted by atomic mass is 9.97. The number of ketones is 1. The fourth-order valence-corrected chi connectivity index (χ4v) is 10.2. The average Bonchev–Trinajstić information content (AvgIpc) is 2.40. The molecule has 0 amide bonds. The quantitative estimate of drug-likeness (QED) is 0.615. The Bertz CT molecular complexity index is 504. The predicted molar refractivity (Wildman–Crippen MR) is 103 cm³/mol. The monoisotopic (exact) mass is 368 g/mol. The Hall–Kier alpha value is -0.653. The molecule has 0 radical (unpaired) electrons. The van der Waals surface area contributed by atoms with E-state index in [0.29, 0.717) is 23.0 Å². The number of carbonyl (C=O) groups excluding carboxylic acids is 1. The highest BCUT2D eigenvalue weighted by Crippen LogP contribution is 2.46. The molecule has 3 atom stereocenters. The summed E-state index contributed by atoms with van der Waals surface area (Å²) in [5.41, 5.74) is 1.53. The van der Waals surface area contributed by atoms with Crippen molar-refractivity contribution in [2.45, 2.75) is 109 Å². The fraction of sp³-hybridized carbons (Fsp3) is 0.850. The van der Waals surface area contributed by atoms with Crippen LogP contribution in [0.3, 0.4) is 0 Å². The van der Waals surface area contributed by atoms with Crippen molar-refractivity contribution in [3.05, 3.63) is 11.8 Å². The van der Waals surface area contributed by atoms with Gasteiger partial charge in [0, 0.05) is 18.9 Å². The van der Waals surface area contributed by atoms with Crippen LogP contribution in [-0.4, -0.2) is 32.1 Å². The van der Waals surface area contributed by atoms with Gasteiger partial charge in [0.1, 0.15) is 5.78 Å². The summed E-state index contributed by atoms with van der Waals surface area (Å²) in [4.78, 5) is 12.1.